The molecule has 1 N–H and O–H groups in total. The van der Waals surface area contributed by atoms with Crippen LogP contribution in [0.1, 0.15) is 23.4 Å². The summed E-state index contributed by atoms with van der Waals surface area (Å²) in [6.45, 7) is 4.02. The normalized spacial score (nSPS) is 10.5. The summed E-state index contributed by atoms with van der Waals surface area (Å²) in [4.78, 5) is 11.9. The van der Waals surface area contributed by atoms with E-state index in [0.717, 1.165) is 23.5 Å². The van der Waals surface area contributed by atoms with E-state index in [1.165, 1.54) is 5.56 Å². The second kappa shape index (κ2) is 5.69. The van der Waals surface area contributed by atoms with Crippen molar-refractivity contribution in [2.24, 2.45) is 7.05 Å². The molecule has 0 fully saturated rings. The number of carbonyl (C=O) groups is 1. The van der Waals surface area contributed by atoms with Crippen molar-refractivity contribution in [3.63, 3.8) is 0 Å². The molecule has 1 amide bonds. The van der Waals surface area contributed by atoms with Gasteiger partial charge < -0.3 is 5.32 Å². The van der Waals surface area contributed by atoms with Crippen LogP contribution in [-0.4, -0.2) is 15.7 Å². The third kappa shape index (κ3) is 3.22. The summed E-state index contributed by atoms with van der Waals surface area (Å²) in [5.74, 6) is 0.0360. The molecule has 0 aliphatic heterocycles. The van der Waals surface area contributed by atoms with Crippen LogP contribution in [0, 0.1) is 13.8 Å². The Balaban J connectivity index is 1.94. The molecule has 19 heavy (non-hydrogen) atoms. The van der Waals surface area contributed by atoms with Crippen LogP contribution in [-0.2, 0) is 18.3 Å². The van der Waals surface area contributed by atoms with Crippen molar-refractivity contribution in [2.45, 2.75) is 26.7 Å². The van der Waals surface area contributed by atoms with Gasteiger partial charge in [-0.3, -0.25) is 9.48 Å². The smallest absolute Gasteiger partial charge is 0.224 e. The van der Waals surface area contributed by atoms with Gasteiger partial charge in [0.05, 0.1) is 5.69 Å². The number of rotatable bonds is 4. The van der Waals surface area contributed by atoms with Crippen LogP contribution in [0.5, 0.6) is 0 Å². The summed E-state index contributed by atoms with van der Waals surface area (Å²) in [5, 5.41) is 7.25. The molecule has 4 heteroatoms. The lowest BCUT2D eigenvalue weighted by Crippen LogP contribution is -2.12. The van der Waals surface area contributed by atoms with Crippen molar-refractivity contribution in [3.8, 4) is 0 Å². The summed E-state index contributed by atoms with van der Waals surface area (Å²) in [7, 11) is 1.93. The van der Waals surface area contributed by atoms with Crippen LogP contribution in [0.2, 0.25) is 0 Å². The van der Waals surface area contributed by atoms with Gasteiger partial charge in [0, 0.05) is 24.8 Å². The molecule has 0 unspecified atom stereocenters. The maximum Gasteiger partial charge on any atom is 0.224 e. The summed E-state index contributed by atoms with van der Waals surface area (Å²) in [5.41, 5.74) is 4.15. The van der Waals surface area contributed by atoms with Crippen molar-refractivity contribution in [2.75, 3.05) is 5.32 Å². The summed E-state index contributed by atoms with van der Waals surface area (Å²) < 4.78 is 1.86. The number of nitrogens with one attached hydrogen (secondary N) is 1. The highest BCUT2D eigenvalue weighted by Crippen LogP contribution is 2.14. The number of anilines is 1. The van der Waals surface area contributed by atoms with Crippen LogP contribution in [0.4, 0.5) is 5.69 Å². The fraction of sp³-hybridized carbons (Fsp3) is 0.333. The first kappa shape index (κ1) is 13.3. The van der Waals surface area contributed by atoms with E-state index in [2.05, 4.69) is 10.4 Å². The van der Waals surface area contributed by atoms with Gasteiger partial charge in [0.1, 0.15) is 0 Å². The van der Waals surface area contributed by atoms with Crippen molar-refractivity contribution in [1.82, 2.24) is 9.78 Å². The topological polar surface area (TPSA) is 46.9 Å². The average molecular weight is 257 g/mol. The molecule has 1 aromatic carbocycles. The molecule has 2 rings (SSSR count). The van der Waals surface area contributed by atoms with Crippen LogP contribution < -0.4 is 5.32 Å². The van der Waals surface area contributed by atoms with Crippen LogP contribution in [0.15, 0.2) is 30.3 Å². The lowest BCUT2D eigenvalue weighted by atomic mass is 10.1. The lowest BCUT2D eigenvalue weighted by Gasteiger charge is -2.05. The van der Waals surface area contributed by atoms with Gasteiger partial charge in [0.15, 0.2) is 0 Å². The summed E-state index contributed by atoms with van der Waals surface area (Å²) in [6.07, 6.45) is 1.20. The highest BCUT2D eigenvalue weighted by atomic mass is 16.1. The monoisotopic (exact) mass is 257 g/mol. The van der Waals surface area contributed by atoms with Crippen molar-refractivity contribution in [1.29, 1.82) is 0 Å². The molecule has 1 heterocycles. The Labute approximate surface area is 113 Å². The number of benzene rings is 1. The van der Waals surface area contributed by atoms with E-state index in [1.54, 1.807) is 0 Å². The van der Waals surface area contributed by atoms with Gasteiger partial charge in [-0.1, -0.05) is 18.2 Å². The lowest BCUT2D eigenvalue weighted by molar-refractivity contribution is -0.116. The molecule has 0 atom stereocenters. The minimum Gasteiger partial charge on any atom is -0.326 e. The molecular weight excluding hydrogens is 238 g/mol. The van der Waals surface area contributed by atoms with E-state index in [-0.39, 0.29) is 5.91 Å². The Morgan fingerprint density at radius 2 is 1.95 bits per heavy atom. The molecule has 0 bridgehead atoms. The molecule has 0 aliphatic rings. The average Bonchev–Trinajstić information content (AvgIpc) is 2.62. The zero-order chi connectivity index (χ0) is 13.8. The number of amides is 1. The molecule has 0 saturated heterocycles. The molecule has 4 nitrogen and oxygen atoms in total. The third-order valence-electron chi connectivity index (χ3n) is 3.32. The van der Waals surface area contributed by atoms with Crippen LogP contribution in [0.3, 0.4) is 0 Å². The van der Waals surface area contributed by atoms with E-state index in [9.17, 15) is 4.79 Å². The van der Waals surface area contributed by atoms with Crippen LogP contribution >= 0.6 is 0 Å². The number of nitrogens with zero attached hydrogens (tertiary/aromatic N) is 2. The fourth-order valence-electron chi connectivity index (χ4n) is 2.16. The number of aryl methyl sites for hydroxylation is 2. The van der Waals surface area contributed by atoms with E-state index in [0.29, 0.717) is 6.42 Å². The Kier molecular flexibility index (Phi) is 4.00. The van der Waals surface area contributed by atoms with Gasteiger partial charge in [0.25, 0.3) is 0 Å². The predicted octanol–water partition coefficient (Wildman–Crippen LogP) is 2.61. The Bertz CT molecular complexity index is 573. The molecule has 100 valence electrons. The number of hydrogen-bond acceptors (Lipinski definition) is 2. The van der Waals surface area contributed by atoms with E-state index >= 15 is 0 Å². The Hall–Kier alpha value is -2.10. The molecular formula is C15H19N3O. The van der Waals surface area contributed by atoms with Crippen LogP contribution in [0.25, 0.3) is 0 Å². The minimum absolute atomic E-state index is 0.0360. The quantitative estimate of drug-likeness (QED) is 0.915. The number of hydrogen-bond donors (Lipinski definition) is 1. The maximum absolute atomic E-state index is 11.9. The Morgan fingerprint density at radius 3 is 2.53 bits per heavy atom. The van der Waals surface area contributed by atoms with Gasteiger partial charge >= 0.3 is 0 Å². The first-order chi connectivity index (χ1) is 9.08. The van der Waals surface area contributed by atoms with Gasteiger partial charge in [0.2, 0.25) is 5.91 Å². The zero-order valence-electron chi connectivity index (χ0n) is 11.6. The summed E-state index contributed by atoms with van der Waals surface area (Å²) >= 11 is 0. The van der Waals surface area contributed by atoms with E-state index < -0.39 is 0 Å². The largest absolute Gasteiger partial charge is 0.326 e. The second-order valence-electron chi connectivity index (χ2n) is 4.69. The molecule has 1 aromatic heterocycles. The molecule has 0 saturated carbocycles. The van der Waals surface area contributed by atoms with Gasteiger partial charge in [-0.25, -0.2) is 0 Å². The summed E-state index contributed by atoms with van der Waals surface area (Å²) in [6, 6.07) is 9.52. The minimum atomic E-state index is 0.0360. The van der Waals surface area contributed by atoms with E-state index in [1.807, 2.05) is 55.9 Å². The first-order valence-corrected chi connectivity index (χ1v) is 6.42. The number of para-hydroxylation sites is 1. The fourth-order valence-corrected chi connectivity index (χ4v) is 2.16. The van der Waals surface area contributed by atoms with Gasteiger partial charge in [-0.05, 0) is 38.0 Å². The standard InChI is InChI=1S/C15H19N3O/c1-11-14(12(2)18(3)17-11)9-10-15(19)16-13-7-5-4-6-8-13/h4-8H,9-10H2,1-3H3,(H,16,19). The first-order valence-electron chi connectivity index (χ1n) is 6.42. The highest BCUT2D eigenvalue weighted by molar-refractivity contribution is 5.90. The van der Waals surface area contributed by atoms with Crippen molar-refractivity contribution >= 4 is 11.6 Å². The zero-order valence-corrected chi connectivity index (χ0v) is 11.6. The van der Waals surface area contributed by atoms with Crippen molar-refractivity contribution < 1.29 is 4.79 Å². The van der Waals surface area contributed by atoms with Gasteiger partial charge in [-0.15, -0.1) is 0 Å². The third-order valence-corrected chi connectivity index (χ3v) is 3.32. The molecule has 0 radical (unpaired) electrons. The van der Waals surface area contributed by atoms with Crippen molar-refractivity contribution in [3.05, 3.63) is 47.3 Å². The SMILES string of the molecule is Cc1nn(C)c(C)c1CCC(=O)Nc1ccccc1. The second-order valence-corrected chi connectivity index (χ2v) is 4.69. The maximum atomic E-state index is 11.9. The number of carbonyl (C=O) groups excluding carboxylic acids is 1. The highest BCUT2D eigenvalue weighted by Gasteiger charge is 2.11. The van der Waals surface area contributed by atoms with Gasteiger partial charge in [-0.2, -0.15) is 5.10 Å². The van der Waals surface area contributed by atoms with E-state index in [4.69, 9.17) is 0 Å². The molecule has 0 spiro atoms. The number of aromatic nitrogens is 2. The molecule has 0 aliphatic carbocycles. The predicted molar refractivity (Wildman–Crippen MR) is 76.1 cm³/mol. The molecule has 2 aromatic rings. The Morgan fingerprint density at radius 1 is 1.26 bits per heavy atom.